The molecule has 1 heterocycles. The smallest absolute Gasteiger partial charge is 0.241 e. The minimum absolute atomic E-state index is 0.122. The highest BCUT2D eigenvalue weighted by Gasteiger charge is 2.23. The van der Waals surface area contributed by atoms with E-state index in [9.17, 15) is 4.79 Å². The second-order valence-electron chi connectivity index (χ2n) is 4.62. The van der Waals surface area contributed by atoms with Gasteiger partial charge in [-0.2, -0.15) is 0 Å². The molecule has 1 amide bonds. The number of amides is 1. The largest absolute Gasteiger partial charge is 0.389 e. The summed E-state index contributed by atoms with van der Waals surface area (Å²) >= 11 is 5.07. The van der Waals surface area contributed by atoms with E-state index in [0.717, 1.165) is 29.9 Å². The minimum Gasteiger partial charge on any atom is -0.389 e. The zero-order valence-electron chi connectivity index (χ0n) is 10.6. The molecule has 18 heavy (non-hydrogen) atoms. The lowest BCUT2D eigenvalue weighted by atomic mass is 10.1. The lowest BCUT2D eigenvalue weighted by Gasteiger charge is -2.34. The Labute approximate surface area is 112 Å². The van der Waals surface area contributed by atoms with Gasteiger partial charge in [-0.05, 0) is 24.6 Å². The second-order valence-corrected chi connectivity index (χ2v) is 5.06. The fourth-order valence-electron chi connectivity index (χ4n) is 2.08. The second kappa shape index (κ2) is 4.94. The first-order chi connectivity index (χ1) is 8.49. The van der Waals surface area contributed by atoms with Crippen LogP contribution in [0.3, 0.4) is 0 Å². The van der Waals surface area contributed by atoms with Gasteiger partial charge in [0, 0.05) is 31.4 Å². The van der Waals surface area contributed by atoms with Crippen LogP contribution in [0.15, 0.2) is 18.2 Å². The Bertz CT molecular complexity index is 501. The summed E-state index contributed by atoms with van der Waals surface area (Å²) < 4.78 is 0. The Hall–Kier alpha value is -1.62. The SMILES string of the molecule is Cc1ccc(C(N)=S)c(N2CCN(C)C(=O)C2)c1. The Balaban J connectivity index is 2.35. The van der Waals surface area contributed by atoms with Gasteiger partial charge in [0.2, 0.25) is 5.91 Å². The molecule has 96 valence electrons. The zero-order valence-corrected chi connectivity index (χ0v) is 11.5. The van der Waals surface area contributed by atoms with Gasteiger partial charge in [-0.15, -0.1) is 0 Å². The third-order valence-corrected chi connectivity index (χ3v) is 3.44. The molecule has 5 heteroatoms. The summed E-state index contributed by atoms with van der Waals surface area (Å²) in [6, 6.07) is 5.94. The maximum atomic E-state index is 11.8. The van der Waals surface area contributed by atoms with E-state index in [1.807, 2.05) is 37.1 Å². The van der Waals surface area contributed by atoms with Gasteiger partial charge in [-0.3, -0.25) is 4.79 Å². The fourth-order valence-corrected chi connectivity index (χ4v) is 2.25. The fraction of sp³-hybridized carbons (Fsp3) is 0.385. The van der Waals surface area contributed by atoms with Gasteiger partial charge in [0.25, 0.3) is 0 Å². The summed E-state index contributed by atoms with van der Waals surface area (Å²) in [7, 11) is 1.82. The van der Waals surface area contributed by atoms with Crippen LogP contribution in [0.25, 0.3) is 0 Å². The standard InChI is InChI=1S/C13H17N3OS/c1-9-3-4-10(13(14)18)11(7-9)16-6-5-15(2)12(17)8-16/h3-4,7H,5-6,8H2,1-2H3,(H2,14,18). The number of piperazine rings is 1. The van der Waals surface area contributed by atoms with E-state index in [2.05, 4.69) is 0 Å². The van der Waals surface area contributed by atoms with E-state index in [1.165, 1.54) is 0 Å². The van der Waals surface area contributed by atoms with Crippen LogP contribution in [0.1, 0.15) is 11.1 Å². The molecule has 0 radical (unpaired) electrons. The first-order valence-electron chi connectivity index (χ1n) is 5.88. The number of benzene rings is 1. The number of carbonyl (C=O) groups is 1. The highest BCUT2D eigenvalue weighted by atomic mass is 32.1. The number of carbonyl (C=O) groups excluding carboxylic acids is 1. The average Bonchev–Trinajstić information content (AvgIpc) is 2.32. The monoisotopic (exact) mass is 263 g/mol. The van der Waals surface area contributed by atoms with Gasteiger partial charge < -0.3 is 15.5 Å². The van der Waals surface area contributed by atoms with Crippen LogP contribution in [0.4, 0.5) is 5.69 Å². The molecule has 2 rings (SSSR count). The molecule has 2 N–H and O–H groups in total. The van der Waals surface area contributed by atoms with Gasteiger partial charge in [0.05, 0.1) is 6.54 Å². The number of nitrogens with two attached hydrogens (primary N) is 1. The first kappa shape index (κ1) is 12.8. The molecule has 1 aliphatic rings. The van der Waals surface area contributed by atoms with Crippen LogP contribution < -0.4 is 10.6 Å². The normalized spacial score (nSPS) is 16.0. The molecule has 1 aliphatic heterocycles. The Morgan fingerprint density at radius 2 is 2.11 bits per heavy atom. The molecule has 0 spiro atoms. The summed E-state index contributed by atoms with van der Waals surface area (Å²) in [5.41, 5.74) is 8.68. The van der Waals surface area contributed by atoms with Gasteiger partial charge >= 0.3 is 0 Å². The number of rotatable bonds is 2. The highest BCUT2D eigenvalue weighted by molar-refractivity contribution is 7.80. The molecule has 0 atom stereocenters. The summed E-state index contributed by atoms with van der Waals surface area (Å²) in [4.78, 5) is 15.9. The minimum atomic E-state index is 0.122. The van der Waals surface area contributed by atoms with Crippen molar-refractivity contribution in [2.45, 2.75) is 6.92 Å². The van der Waals surface area contributed by atoms with E-state index in [1.54, 1.807) is 4.90 Å². The molecule has 1 saturated heterocycles. The molecular formula is C13H17N3OS. The van der Waals surface area contributed by atoms with Gasteiger partial charge in [-0.25, -0.2) is 0 Å². The van der Waals surface area contributed by atoms with Gasteiger partial charge in [0.1, 0.15) is 4.99 Å². The maximum Gasteiger partial charge on any atom is 0.241 e. The van der Waals surface area contributed by atoms with E-state index in [-0.39, 0.29) is 5.91 Å². The third kappa shape index (κ3) is 2.46. The quantitative estimate of drug-likeness (QED) is 0.806. The number of anilines is 1. The third-order valence-electron chi connectivity index (χ3n) is 3.22. The van der Waals surface area contributed by atoms with Gasteiger partial charge in [0.15, 0.2) is 0 Å². The molecule has 1 fully saturated rings. The molecule has 0 aliphatic carbocycles. The van der Waals surface area contributed by atoms with Crippen molar-refractivity contribution in [3.63, 3.8) is 0 Å². The van der Waals surface area contributed by atoms with Crippen molar-refractivity contribution < 1.29 is 4.79 Å². The Morgan fingerprint density at radius 3 is 2.72 bits per heavy atom. The molecule has 4 nitrogen and oxygen atoms in total. The van der Waals surface area contributed by atoms with Gasteiger partial charge in [-0.1, -0.05) is 18.3 Å². The lowest BCUT2D eigenvalue weighted by molar-refractivity contribution is -0.129. The van der Waals surface area contributed by atoms with Crippen LogP contribution in [0.2, 0.25) is 0 Å². The Morgan fingerprint density at radius 1 is 1.39 bits per heavy atom. The average molecular weight is 263 g/mol. The predicted molar refractivity (Wildman–Crippen MR) is 76.9 cm³/mol. The number of likely N-dealkylation sites (N-methyl/N-ethyl adjacent to an activating group) is 1. The summed E-state index contributed by atoms with van der Waals surface area (Å²) in [6.45, 7) is 3.94. The van der Waals surface area contributed by atoms with Crippen molar-refractivity contribution in [1.82, 2.24) is 4.90 Å². The van der Waals surface area contributed by atoms with Crippen LogP contribution in [-0.4, -0.2) is 42.5 Å². The van der Waals surface area contributed by atoms with Crippen LogP contribution in [0, 0.1) is 6.92 Å². The van der Waals surface area contributed by atoms with E-state index < -0.39 is 0 Å². The molecule has 0 unspecified atom stereocenters. The number of aryl methyl sites for hydroxylation is 1. The van der Waals surface area contributed by atoms with Crippen LogP contribution >= 0.6 is 12.2 Å². The molecular weight excluding hydrogens is 246 g/mol. The van der Waals surface area contributed by atoms with E-state index in [4.69, 9.17) is 18.0 Å². The topological polar surface area (TPSA) is 49.6 Å². The number of hydrogen-bond donors (Lipinski definition) is 1. The number of hydrogen-bond acceptors (Lipinski definition) is 3. The predicted octanol–water partition coefficient (Wildman–Crippen LogP) is 0.908. The van der Waals surface area contributed by atoms with E-state index >= 15 is 0 Å². The molecule has 1 aromatic carbocycles. The van der Waals surface area contributed by atoms with Crippen molar-refractivity contribution >= 4 is 28.8 Å². The molecule has 0 saturated carbocycles. The first-order valence-corrected chi connectivity index (χ1v) is 6.29. The molecule has 1 aromatic rings. The van der Waals surface area contributed by atoms with Crippen LogP contribution in [-0.2, 0) is 4.79 Å². The van der Waals surface area contributed by atoms with Crippen LogP contribution in [0.5, 0.6) is 0 Å². The van der Waals surface area contributed by atoms with Crippen molar-refractivity contribution in [3.8, 4) is 0 Å². The summed E-state index contributed by atoms with van der Waals surface area (Å²) in [5.74, 6) is 0.122. The zero-order chi connectivity index (χ0) is 13.3. The number of nitrogens with zero attached hydrogens (tertiary/aromatic N) is 2. The Kier molecular flexibility index (Phi) is 3.52. The lowest BCUT2D eigenvalue weighted by Crippen LogP contribution is -2.49. The summed E-state index contributed by atoms with van der Waals surface area (Å²) in [6.07, 6.45) is 0. The highest BCUT2D eigenvalue weighted by Crippen LogP contribution is 2.23. The molecule has 0 bridgehead atoms. The maximum absolute atomic E-state index is 11.8. The molecule has 0 aromatic heterocycles. The van der Waals surface area contributed by atoms with Crippen molar-refractivity contribution in [3.05, 3.63) is 29.3 Å². The van der Waals surface area contributed by atoms with Crippen molar-refractivity contribution in [1.29, 1.82) is 0 Å². The number of thiocarbonyl (C=S) groups is 1. The summed E-state index contributed by atoms with van der Waals surface area (Å²) in [5, 5.41) is 0. The van der Waals surface area contributed by atoms with Crippen molar-refractivity contribution in [2.24, 2.45) is 5.73 Å². The van der Waals surface area contributed by atoms with Crippen molar-refractivity contribution in [2.75, 3.05) is 31.6 Å². The van der Waals surface area contributed by atoms with E-state index in [0.29, 0.717) is 11.5 Å².